The molecule has 2 rings (SSSR count). The Morgan fingerprint density at radius 3 is 2.57 bits per heavy atom. The van der Waals surface area contributed by atoms with Crippen LogP contribution in [-0.4, -0.2) is 45.5 Å². The molecule has 0 aliphatic carbocycles. The number of aliphatic hydroxyl groups is 1. The van der Waals surface area contributed by atoms with Gasteiger partial charge in [-0.25, -0.2) is 0 Å². The molecule has 1 fully saturated rings. The molecule has 0 saturated carbocycles. The predicted molar refractivity (Wildman–Crippen MR) is 78.5 cm³/mol. The summed E-state index contributed by atoms with van der Waals surface area (Å²) in [6.45, 7) is 0.412. The second kappa shape index (κ2) is 7.24. The van der Waals surface area contributed by atoms with Crippen molar-refractivity contribution < 1.29 is 19.5 Å². The Bertz CT molecular complexity index is 535. The van der Waals surface area contributed by atoms with Crippen molar-refractivity contribution in [3.05, 3.63) is 35.9 Å². The van der Waals surface area contributed by atoms with Gasteiger partial charge in [-0.15, -0.1) is 0 Å². The fourth-order valence-corrected chi connectivity index (χ4v) is 2.84. The third kappa shape index (κ3) is 4.30. The first kappa shape index (κ1) is 15.5. The van der Waals surface area contributed by atoms with Gasteiger partial charge in [0.25, 0.3) is 5.24 Å². The SMILES string of the molecule is O=C1NC(=O)C(CC(=O)N(CCO)Cc2ccccc2)S1. The van der Waals surface area contributed by atoms with Crippen molar-refractivity contribution in [3.8, 4) is 0 Å². The van der Waals surface area contributed by atoms with E-state index in [9.17, 15) is 14.4 Å². The number of imide groups is 1. The van der Waals surface area contributed by atoms with E-state index in [1.807, 2.05) is 30.3 Å². The normalized spacial score (nSPS) is 17.7. The van der Waals surface area contributed by atoms with Gasteiger partial charge in [0.05, 0.1) is 6.61 Å². The Morgan fingerprint density at radius 2 is 2.00 bits per heavy atom. The van der Waals surface area contributed by atoms with E-state index in [0.717, 1.165) is 17.3 Å². The van der Waals surface area contributed by atoms with E-state index in [4.69, 9.17) is 5.11 Å². The first-order valence-corrected chi connectivity index (χ1v) is 7.42. The maximum Gasteiger partial charge on any atom is 0.286 e. The average molecular weight is 308 g/mol. The molecular formula is C14H16N2O4S. The number of rotatable bonds is 6. The maximum absolute atomic E-state index is 12.3. The Balaban J connectivity index is 1.98. The summed E-state index contributed by atoms with van der Waals surface area (Å²) in [5.74, 6) is -0.683. The number of thioether (sulfide) groups is 1. The Hall–Kier alpha value is -1.86. The molecule has 1 unspecified atom stereocenters. The molecule has 1 saturated heterocycles. The Morgan fingerprint density at radius 1 is 1.29 bits per heavy atom. The van der Waals surface area contributed by atoms with Gasteiger partial charge in [0.15, 0.2) is 0 Å². The molecule has 7 heteroatoms. The number of benzene rings is 1. The van der Waals surface area contributed by atoms with E-state index in [1.165, 1.54) is 4.90 Å². The standard InChI is InChI=1S/C14H16N2O4S/c17-7-6-16(9-10-4-2-1-3-5-10)12(18)8-11-13(19)15-14(20)21-11/h1-5,11,17H,6-9H2,(H,15,19,20). The zero-order valence-corrected chi connectivity index (χ0v) is 12.1. The summed E-state index contributed by atoms with van der Waals surface area (Å²) in [6.07, 6.45) is -0.0466. The van der Waals surface area contributed by atoms with Gasteiger partial charge in [-0.1, -0.05) is 42.1 Å². The zero-order valence-electron chi connectivity index (χ0n) is 11.3. The summed E-state index contributed by atoms with van der Waals surface area (Å²) in [5.41, 5.74) is 0.943. The van der Waals surface area contributed by atoms with Crippen molar-refractivity contribution in [1.82, 2.24) is 10.2 Å². The highest BCUT2D eigenvalue weighted by Gasteiger charge is 2.34. The lowest BCUT2D eigenvalue weighted by atomic mass is 10.2. The van der Waals surface area contributed by atoms with E-state index >= 15 is 0 Å². The van der Waals surface area contributed by atoms with Crippen LogP contribution in [0.5, 0.6) is 0 Å². The van der Waals surface area contributed by atoms with Crippen molar-refractivity contribution in [2.75, 3.05) is 13.2 Å². The summed E-state index contributed by atoms with van der Waals surface area (Å²) < 4.78 is 0. The highest BCUT2D eigenvalue weighted by atomic mass is 32.2. The van der Waals surface area contributed by atoms with E-state index < -0.39 is 16.4 Å². The minimum absolute atomic E-state index is 0.0466. The number of amides is 3. The van der Waals surface area contributed by atoms with E-state index in [2.05, 4.69) is 5.32 Å². The molecule has 0 aromatic heterocycles. The number of nitrogens with zero attached hydrogens (tertiary/aromatic N) is 1. The van der Waals surface area contributed by atoms with Crippen molar-refractivity contribution in [1.29, 1.82) is 0 Å². The lowest BCUT2D eigenvalue weighted by molar-refractivity contribution is -0.134. The van der Waals surface area contributed by atoms with Crippen LogP contribution in [0.4, 0.5) is 4.79 Å². The monoisotopic (exact) mass is 308 g/mol. The van der Waals surface area contributed by atoms with Crippen LogP contribution in [0.3, 0.4) is 0 Å². The Labute approximate surface area is 126 Å². The van der Waals surface area contributed by atoms with Crippen molar-refractivity contribution in [2.45, 2.75) is 18.2 Å². The topological polar surface area (TPSA) is 86.7 Å². The summed E-state index contributed by atoms with van der Waals surface area (Å²) in [4.78, 5) is 36.3. The molecule has 6 nitrogen and oxygen atoms in total. The lowest BCUT2D eigenvalue weighted by Gasteiger charge is -2.22. The molecule has 2 N–H and O–H groups in total. The van der Waals surface area contributed by atoms with Gasteiger partial charge >= 0.3 is 0 Å². The first-order chi connectivity index (χ1) is 10.1. The number of aliphatic hydroxyl groups excluding tert-OH is 1. The van der Waals surface area contributed by atoms with Crippen molar-refractivity contribution in [2.24, 2.45) is 0 Å². The molecule has 0 radical (unpaired) electrons. The van der Waals surface area contributed by atoms with Crippen LogP contribution in [-0.2, 0) is 16.1 Å². The number of carbonyl (C=O) groups is 3. The third-order valence-corrected chi connectivity index (χ3v) is 4.05. The quantitative estimate of drug-likeness (QED) is 0.810. The summed E-state index contributed by atoms with van der Waals surface area (Å²) in [5, 5.41) is 10.1. The smallest absolute Gasteiger partial charge is 0.286 e. The van der Waals surface area contributed by atoms with Crippen LogP contribution < -0.4 is 5.32 Å². The molecule has 1 atom stereocenters. The minimum Gasteiger partial charge on any atom is -0.395 e. The van der Waals surface area contributed by atoms with E-state index in [-0.39, 0.29) is 25.5 Å². The summed E-state index contributed by atoms with van der Waals surface area (Å²) >= 11 is 0.834. The van der Waals surface area contributed by atoms with Crippen LogP contribution in [0.15, 0.2) is 30.3 Å². The molecule has 21 heavy (non-hydrogen) atoms. The van der Waals surface area contributed by atoms with Crippen LogP contribution in [0.1, 0.15) is 12.0 Å². The number of nitrogens with one attached hydrogen (secondary N) is 1. The van der Waals surface area contributed by atoms with Gasteiger partial charge in [-0.05, 0) is 5.56 Å². The lowest BCUT2D eigenvalue weighted by Crippen LogP contribution is -2.36. The van der Waals surface area contributed by atoms with Crippen LogP contribution in [0.25, 0.3) is 0 Å². The Kier molecular flexibility index (Phi) is 5.35. The number of carbonyl (C=O) groups excluding carboxylic acids is 3. The van der Waals surface area contributed by atoms with Crippen LogP contribution in [0, 0.1) is 0 Å². The highest BCUT2D eigenvalue weighted by Crippen LogP contribution is 2.23. The number of hydrogen-bond donors (Lipinski definition) is 2. The fraction of sp³-hybridized carbons (Fsp3) is 0.357. The molecule has 0 spiro atoms. The zero-order chi connectivity index (χ0) is 15.2. The van der Waals surface area contributed by atoms with Gasteiger partial charge < -0.3 is 10.0 Å². The third-order valence-electron chi connectivity index (χ3n) is 3.07. The highest BCUT2D eigenvalue weighted by molar-refractivity contribution is 8.15. The summed E-state index contributed by atoms with van der Waals surface area (Å²) in [6, 6.07) is 9.40. The van der Waals surface area contributed by atoms with E-state index in [0.29, 0.717) is 6.54 Å². The second-order valence-electron chi connectivity index (χ2n) is 4.61. The van der Waals surface area contributed by atoms with Gasteiger partial charge in [-0.3, -0.25) is 19.7 Å². The minimum atomic E-state index is -0.679. The van der Waals surface area contributed by atoms with Crippen molar-refractivity contribution >= 4 is 28.8 Å². The molecule has 112 valence electrons. The van der Waals surface area contributed by atoms with Crippen LogP contribution >= 0.6 is 11.8 Å². The number of hydrogen-bond acceptors (Lipinski definition) is 5. The molecule has 1 aliphatic rings. The van der Waals surface area contributed by atoms with Gasteiger partial charge in [0.1, 0.15) is 5.25 Å². The molecular weight excluding hydrogens is 292 g/mol. The van der Waals surface area contributed by atoms with Crippen molar-refractivity contribution in [3.63, 3.8) is 0 Å². The van der Waals surface area contributed by atoms with Gasteiger partial charge in [-0.2, -0.15) is 0 Å². The largest absolute Gasteiger partial charge is 0.395 e. The second-order valence-corrected chi connectivity index (χ2v) is 5.79. The predicted octanol–water partition coefficient (Wildman–Crippen LogP) is 0.749. The average Bonchev–Trinajstić information content (AvgIpc) is 2.77. The molecule has 1 aliphatic heterocycles. The molecule has 1 heterocycles. The summed E-state index contributed by atoms with van der Waals surface area (Å²) in [7, 11) is 0. The molecule has 0 bridgehead atoms. The molecule has 3 amide bonds. The first-order valence-electron chi connectivity index (χ1n) is 6.54. The van der Waals surface area contributed by atoms with Gasteiger partial charge in [0, 0.05) is 19.5 Å². The molecule has 1 aromatic rings. The van der Waals surface area contributed by atoms with E-state index in [1.54, 1.807) is 0 Å². The van der Waals surface area contributed by atoms with Gasteiger partial charge in [0.2, 0.25) is 11.8 Å². The fourth-order valence-electron chi connectivity index (χ4n) is 2.03. The molecule has 1 aromatic carbocycles. The van der Waals surface area contributed by atoms with Crippen LogP contribution in [0.2, 0.25) is 0 Å². The maximum atomic E-state index is 12.3.